The molecule has 0 radical (unpaired) electrons. The van der Waals surface area contributed by atoms with E-state index in [1.54, 1.807) is 36.4 Å². The molecule has 1 N–H and O–H groups in total. The fourth-order valence-corrected chi connectivity index (χ4v) is 2.65. The number of amides is 1. The highest BCUT2D eigenvalue weighted by molar-refractivity contribution is 5.94. The number of benzene rings is 3. The monoisotopic (exact) mass is 359 g/mol. The molecule has 0 aliphatic carbocycles. The average Bonchev–Trinajstić information content (AvgIpc) is 2.73. The van der Waals surface area contributed by atoms with Crippen LogP contribution in [0.15, 0.2) is 84.9 Å². The highest BCUT2D eigenvalue weighted by Gasteiger charge is 2.13. The van der Waals surface area contributed by atoms with Crippen molar-refractivity contribution in [1.29, 1.82) is 0 Å². The summed E-state index contributed by atoms with van der Waals surface area (Å²) < 4.78 is 5.51. The van der Waals surface area contributed by atoms with Gasteiger partial charge in [-0.3, -0.25) is 4.79 Å². The highest BCUT2D eigenvalue weighted by Crippen LogP contribution is 2.19. The van der Waals surface area contributed by atoms with Crippen LogP contribution in [0.4, 0.5) is 0 Å². The van der Waals surface area contributed by atoms with Gasteiger partial charge in [-0.25, -0.2) is 4.79 Å². The third-order valence-corrected chi connectivity index (χ3v) is 4.23. The van der Waals surface area contributed by atoms with Crippen LogP contribution in [0.25, 0.3) is 0 Å². The smallest absolute Gasteiger partial charge is 0.338 e. The second kappa shape index (κ2) is 8.81. The summed E-state index contributed by atoms with van der Waals surface area (Å²) >= 11 is 0. The minimum absolute atomic E-state index is 0.107. The summed E-state index contributed by atoms with van der Waals surface area (Å²) in [6.07, 6.45) is -0.356. The lowest BCUT2D eigenvalue weighted by atomic mass is 10.1. The van der Waals surface area contributed by atoms with E-state index in [1.165, 1.54) is 0 Å². The normalized spacial score (nSPS) is 11.4. The summed E-state index contributed by atoms with van der Waals surface area (Å²) in [4.78, 5) is 24.2. The molecular formula is C23H21NO3. The Kier molecular flexibility index (Phi) is 6.00. The Morgan fingerprint density at radius 3 is 1.96 bits per heavy atom. The number of carbonyl (C=O) groups is 2. The zero-order chi connectivity index (χ0) is 19.1. The Morgan fingerprint density at radius 2 is 1.37 bits per heavy atom. The Bertz CT molecular complexity index is 890. The molecule has 0 saturated carbocycles. The number of hydrogen-bond donors (Lipinski definition) is 1. The second-order valence-electron chi connectivity index (χ2n) is 6.20. The van der Waals surface area contributed by atoms with Gasteiger partial charge in [0.25, 0.3) is 5.91 Å². The van der Waals surface area contributed by atoms with Crippen LogP contribution in [-0.4, -0.2) is 11.9 Å². The first-order chi connectivity index (χ1) is 13.1. The van der Waals surface area contributed by atoms with Crippen LogP contribution in [0.5, 0.6) is 0 Å². The van der Waals surface area contributed by atoms with E-state index in [2.05, 4.69) is 5.32 Å². The van der Waals surface area contributed by atoms with Crippen LogP contribution in [0.1, 0.15) is 44.9 Å². The maximum atomic E-state index is 12.1. The first-order valence-electron chi connectivity index (χ1n) is 8.81. The van der Waals surface area contributed by atoms with E-state index in [4.69, 9.17) is 4.74 Å². The maximum absolute atomic E-state index is 12.1. The summed E-state index contributed by atoms with van der Waals surface area (Å²) in [6, 6.07) is 25.7. The summed E-state index contributed by atoms with van der Waals surface area (Å²) in [5, 5.41) is 2.89. The molecule has 0 saturated heterocycles. The van der Waals surface area contributed by atoms with E-state index in [9.17, 15) is 9.59 Å². The minimum atomic E-state index is -0.356. The van der Waals surface area contributed by atoms with Crippen molar-refractivity contribution in [2.75, 3.05) is 0 Å². The number of carbonyl (C=O) groups excluding carboxylic acids is 2. The third kappa shape index (κ3) is 5.05. The van der Waals surface area contributed by atoms with Gasteiger partial charge in [-0.2, -0.15) is 0 Å². The van der Waals surface area contributed by atoms with Gasteiger partial charge in [0, 0.05) is 12.1 Å². The van der Waals surface area contributed by atoms with Gasteiger partial charge in [0.15, 0.2) is 0 Å². The molecule has 0 aromatic heterocycles. The molecule has 0 bridgehead atoms. The van der Waals surface area contributed by atoms with Crippen molar-refractivity contribution in [2.24, 2.45) is 0 Å². The van der Waals surface area contributed by atoms with E-state index in [0.717, 1.165) is 11.1 Å². The summed E-state index contributed by atoms with van der Waals surface area (Å²) in [5.41, 5.74) is 3.04. The van der Waals surface area contributed by atoms with Crippen LogP contribution in [0, 0.1) is 0 Å². The molecule has 1 unspecified atom stereocenters. The highest BCUT2D eigenvalue weighted by atomic mass is 16.5. The van der Waals surface area contributed by atoms with Crippen molar-refractivity contribution in [3.8, 4) is 0 Å². The molecule has 4 heteroatoms. The van der Waals surface area contributed by atoms with Crippen molar-refractivity contribution in [2.45, 2.75) is 19.6 Å². The molecular weight excluding hydrogens is 338 g/mol. The number of esters is 1. The molecule has 0 aliphatic rings. The summed E-state index contributed by atoms with van der Waals surface area (Å²) in [7, 11) is 0. The van der Waals surface area contributed by atoms with Crippen LogP contribution in [0.2, 0.25) is 0 Å². The molecule has 1 atom stereocenters. The molecule has 0 fully saturated rings. The molecule has 3 aromatic rings. The lowest BCUT2D eigenvalue weighted by Crippen LogP contribution is -2.22. The molecule has 1 amide bonds. The van der Waals surface area contributed by atoms with E-state index >= 15 is 0 Å². The van der Waals surface area contributed by atoms with Crippen molar-refractivity contribution in [3.63, 3.8) is 0 Å². The Balaban J connectivity index is 1.55. The molecule has 0 aliphatic heterocycles. The van der Waals surface area contributed by atoms with E-state index in [-0.39, 0.29) is 18.0 Å². The van der Waals surface area contributed by atoms with Crippen LogP contribution in [0.3, 0.4) is 0 Å². The standard InChI is InChI=1S/C23H21NO3/c1-17(27-23(26)21-10-6-3-7-11-21)19-14-12-18(13-15-19)16-24-22(25)20-8-4-2-5-9-20/h2-15,17H,16H2,1H3,(H,24,25). The van der Waals surface area contributed by atoms with E-state index < -0.39 is 0 Å². The molecule has 136 valence electrons. The van der Waals surface area contributed by atoms with Crippen molar-refractivity contribution >= 4 is 11.9 Å². The van der Waals surface area contributed by atoms with Gasteiger partial charge in [-0.05, 0) is 42.3 Å². The fraction of sp³-hybridized carbons (Fsp3) is 0.130. The van der Waals surface area contributed by atoms with Gasteiger partial charge in [-0.1, -0.05) is 60.7 Å². The van der Waals surface area contributed by atoms with Gasteiger partial charge >= 0.3 is 5.97 Å². The lowest BCUT2D eigenvalue weighted by Gasteiger charge is -2.14. The fourth-order valence-electron chi connectivity index (χ4n) is 2.65. The van der Waals surface area contributed by atoms with Crippen LogP contribution in [-0.2, 0) is 11.3 Å². The molecule has 3 rings (SSSR count). The predicted octanol–water partition coefficient (Wildman–Crippen LogP) is 4.53. The topological polar surface area (TPSA) is 55.4 Å². The van der Waals surface area contributed by atoms with Gasteiger partial charge in [0.1, 0.15) is 6.10 Å². The van der Waals surface area contributed by atoms with Crippen LogP contribution >= 0.6 is 0 Å². The van der Waals surface area contributed by atoms with Crippen molar-refractivity contribution in [3.05, 3.63) is 107 Å². The van der Waals surface area contributed by atoms with Gasteiger partial charge in [0.05, 0.1) is 5.56 Å². The largest absolute Gasteiger partial charge is 0.454 e. The Labute approximate surface area is 158 Å². The van der Waals surface area contributed by atoms with Crippen molar-refractivity contribution in [1.82, 2.24) is 5.32 Å². The number of hydrogen-bond acceptors (Lipinski definition) is 3. The molecule has 27 heavy (non-hydrogen) atoms. The summed E-state index contributed by atoms with van der Waals surface area (Å²) in [5.74, 6) is -0.452. The lowest BCUT2D eigenvalue weighted by molar-refractivity contribution is 0.0337. The zero-order valence-corrected chi connectivity index (χ0v) is 15.1. The number of rotatable bonds is 6. The molecule has 4 nitrogen and oxygen atoms in total. The SMILES string of the molecule is CC(OC(=O)c1ccccc1)c1ccc(CNC(=O)c2ccccc2)cc1. The first kappa shape index (κ1) is 18.4. The maximum Gasteiger partial charge on any atom is 0.338 e. The third-order valence-electron chi connectivity index (χ3n) is 4.23. The molecule has 0 spiro atoms. The molecule has 3 aromatic carbocycles. The second-order valence-corrected chi connectivity index (χ2v) is 6.20. The minimum Gasteiger partial charge on any atom is -0.454 e. The molecule has 0 heterocycles. The van der Waals surface area contributed by atoms with Crippen molar-refractivity contribution < 1.29 is 14.3 Å². The number of nitrogens with one attached hydrogen (secondary N) is 1. The van der Waals surface area contributed by atoms with Crippen LogP contribution < -0.4 is 5.32 Å². The van der Waals surface area contributed by atoms with E-state index in [0.29, 0.717) is 17.7 Å². The quantitative estimate of drug-likeness (QED) is 0.658. The van der Waals surface area contributed by atoms with Gasteiger partial charge in [-0.15, -0.1) is 0 Å². The number of ether oxygens (including phenoxy) is 1. The Hall–Kier alpha value is -3.40. The zero-order valence-electron chi connectivity index (χ0n) is 15.1. The Morgan fingerprint density at radius 1 is 0.815 bits per heavy atom. The van der Waals surface area contributed by atoms with Gasteiger partial charge in [0.2, 0.25) is 0 Å². The first-order valence-corrected chi connectivity index (χ1v) is 8.81. The average molecular weight is 359 g/mol. The van der Waals surface area contributed by atoms with Gasteiger partial charge < -0.3 is 10.1 Å². The predicted molar refractivity (Wildman–Crippen MR) is 104 cm³/mol. The summed E-state index contributed by atoms with van der Waals surface area (Å²) in [6.45, 7) is 2.28. The van der Waals surface area contributed by atoms with E-state index in [1.807, 2.05) is 55.5 Å².